The molecular weight excluding hydrogens is 335 g/mol. The average Bonchev–Trinajstić information content (AvgIpc) is 2.99. The highest BCUT2D eigenvalue weighted by molar-refractivity contribution is 5.91. The van der Waals surface area contributed by atoms with Crippen LogP contribution in [0.4, 0.5) is 14.9 Å². The molecule has 2 aliphatic heterocycles. The SMILES string of the molecule is COc1cccc(CN2CCC3COC(=O)N3c3cc(F)ccc3C2)c1. The Bertz CT molecular complexity index is 826. The molecule has 1 amide bonds. The number of ether oxygens (including phenoxy) is 2. The van der Waals surface area contributed by atoms with E-state index < -0.39 is 0 Å². The number of carbonyl (C=O) groups excluding carboxylic acids is 1. The van der Waals surface area contributed by atoms with Crippen LogP contribution in [0, 0.1) is 5.82 Å². The van der Waals surface area contributed by atoms with Crippen LogP contribution >= 0.6 is 0 Å². The molecule has 5 nitrogen and oxygen atoms in total. The second kappa shape index (κ2) is 6.96. The third-order valence-corrected chi connectivity index (χ3v) is 4.98. The number of cyclic esters (lactones) is 1. The van der Waals surface area contributed by atoms with Crippen molar-refractivity contribution < 1.29 is 18.7 Å². The van der Waals surface area contributed by atoms with Crippen LogP contribution < -0.4 is 9.64 Å². The summed E-state index contributed by atoms with van der Waals surface area (Å²) in [5, 5.41) is 0. The number of halogens is 1. The Kier molecular flexibility index (Phi) is 4.51. The fourth-order valence-electron chi connectivity index (χ4n) is 3.68. The van der Waals surface area contributed by atoms with Gasteiger partial charge in [-0.2, -0.15) is 0 Å². The Balaban J connectivity index is 1.63. The molecule has 2 aromatic carbocycles. The van der Waals surface area contributed by atoms with Gasteiger partial charge in [0.1, 0.15) is 18.2 Å². The molecule has 4 rings (SSSR count). The lowest BCUT2D eigenvalue weighted by Gasteiger charge is -2.32. The first-order valence-corrected chi connectivity index (χ1v) is 8.74. The Labute approximate surface area is 151 Å². The maximum atomic E-state index is 13.8. The molecule has 0 spiro atoms. The predicted octanol–water partition coefficient (Wildman–Crippen LogP) is 3.57. The topological polar surface area (TPSA) is 42.0 Å². The third kappa shape index (κ3) is 3.24. The summed E-state index contributed by atoms with van der Waals surface area (Å²) in [7, 11) is 1.66. The van der Waals surface area contributed by atoms with Gasteiger partial charge in [-0.3, -0.25) is 9.80 Å². The summed E-state index contributed by atoms with van der Waals surface area (Å²) in [5.41, 5.74) is 2.70. The minimum atomic E-state index is -0.386. The van der Waals surface area contributed by atoms with E-state index >= 15 is 0 Å². The summed E-state index contributed by atoms with van der Waals surface area (Å²) < 4.78 is 24.4. The Morgan fingerprint density at radius 3 is 3.00 bits per heavy atom. The van der Waals surface area contributed by atoms with Gasteiger partial charge in [-0.15, -0.1) is 0 Å². The van der Waals surface area contributed by atoms with Gasteiger partial charge in [0.15, 0.2) is 0 Å². The number of amides is 1. The number of benzene rings is 2. The molecule has 136 valence electrons. The first-order valence-electron chi connectivity index (χ1n) is 8.74. The molecule has 2 aromatic rings. The van der Waals surface area contributed by atoms with Crippen LogP contribution in [0.25, 0.3) is 0 Å². The fraction of sp³-hybridized carbons (Fsp3) is 0.350. The molecule has 1 fully saturated rings. The molecule has 0 aliphatic carbocycles. The van der Waals surface area contributed by atoms with Gasteiger partial charge >= 0.3 is 6.09 Å². The first kappa shape index (κ1) is 16.8. The minimum absolute atomic E-state index is 0.0591. The molecular formula is C20H21FN2O3. The average molecular weight is 356 g/mol. The van der Waals surface area contributed by atoms with Gasteiger partial charge in [0.2, 0.25) is 0 Å². The van der Waals surface area contributed by atoms with E-state index in [9.17, 15) is 9.18 Å². The molecule has 0 saturated carbocycles. The highest BCUT2D eigenvalue weighted by atomic mass is 19.1. The zero-order chi connectivity index (χ0) is 18.1. The number of hydrogen-bond donors (Lipinski definition) is 0. The first-order chi connectivity index (χ1) is 12.6. The number of carbonyl (C=O) groups is 1. The summed E-state index contributed by atoms with van der Waals surface area (Å²) in [5.74, 6) is 0.486. The standard InChI is InChI=1S/C20H21FN2O3/c1-25-18-4-2-3-14(9-18)11-22-8-7-17-13-26-20(24)23(17)19-10-16(21)6-5-15(19)12-22/h2-6,9-10,17H,7-8,11-13H2,1H3. The molecule has 1 unspecified atom stereocenters. The lowest BCUT2D eigenvalue weighted by Crippen LogP contribution is -2.40. The van der Waals surface area contributed by atoms with Crippen molar-refractivity contribution in [2.75, 3.05) is 25.2 Å². The second-order valence-corrected chi connectivity index (χ2v) is 6.72. The van der Waals surface area contributed by atoms with E-state index in [1.54, 1.807) is 18.1 Å². The smallest absolute Gasteiger partial charge is 0.414 e. The summed E-state index contributed by atoms with van der Waals surface area (Å²) in [6.45, 7) is 2.58. The highest BCUT2D eigenvalue weighted by Crippen LogP contribution is 2.32. The van der Waals surface area contributed by atoms with Crippen molar-refractivity contribution in [2.24, 2.45) is 0 Å². The normalized spacial score (nSPS) is 20.0. The number of rotatable bonds is 3. The van der Waals surface area contributed by atoms with Gasteiger partial charge < -0.3 is 9.47 Å². The van der Waals surface area contributed by atoms with Gasteiger partial charge in [0, 0.05) is 19.6 Å². The molecule has 26 heavy (non-hydrogen) atoms. The Morgan fingerprint density at radius 1 is 1.27 bits per heavy atom. The third-order valence-electron chi connectivity index (χ3n) is 4.98. The molecule has 6 heteroatoms. The quantitative estimate of drug-likeness (QED) is 0.843. The number of nitrogens with zero attached hydrogens (tertiary/aromatic N) is 2. The molecule has 0 aromatic heterocycles. The van der Waals surface area contributed by atoms with E-state index in [0.717, 1.165) is 36.4 Å². The van der Waals surface area contributed by atoms with Crippen molar-refractivity contribution in [2.45, 2.75) is 25.6 Å². The number of anilines is 1. The van der Waals surface area contributed by atoms with Gasteiger partial charge in [-0.05, 0) is 41.8 Å². The molecule has 0 N–H and O–H groups in total. The summed E-state index contributed by atoms with van der Waals surface area (Å²) in [6, 6.07) is 12.6. The van der Waals surface area contributed by atoms with Crippen molar-refractivity contribution in [3.63, 3.8) is 0 Å². The van der Waals surface area contributed by atoms with Gasteiger partial charge in [-0.25, -0.2) is 9.18 Å². The Morgan fingerprint density at radius 2 is 2.15 bits per heavy atom. The van der Waals surface area contributed by atoms with Gasteiger partial charge in [0.05, 0.1) is 18.8 Å². The molecule has 0 radical (unpaired) electrons. The van der Waals surface area contributed by atoms with E-state index in [1.165, 1.54) is 12.1 Å². The van der Waals surface area contributed by atoms with E-state index in [0.29, 0.717) is 18.8 Å². The molecule has 2 aliphatic rings. The van der Waals surface area contributed by atoms with E-state index in [2.05, 4.69) is 11.0 Å². The van der Waals surface area contributed by atoms with Crippen molar-refractivity contribution >= 4 is 11.8 Å². The van der Waals surface area contributed by atoms with E-state index in [1.807, 2.05) is 18.2 Å². The summed E-state index contributed by atoms with van der Waals surface area (Å²) in [6.07, 6.45) is 0.397. The largest absolute Gasteiger partial charge is 0.497 e. The lowest BCUT2D eigenvalue weighted by atomic mass is 10.0. The second-order valence-electron chi connectivity index (χ2n) is 6.72. The van der Waals surface area contributed by atoms with Crippen LogP contribution in [0.15, 0.2) is 42.5 Å². The number of fused-ring (bicyclic) bond motifs is 3. The fourth-order valence-corrected chi connectivity index (χ4v) is 3.68. The minimum Gasteiger partial charge on any atom is -0.497 e. The van der Waals surface area contributed by atoms with Crippen LogP contribution in [-0.2, 0) is 17.8 Å². The van der Waals surface area contributed by atoms with Crippen LogP contribution in [0.3, 0.4) is 0 Å². The maximum absolute atomic E-state index is 13.8. The Hall–Kier alpha value is -2.60. The summed E-state index contributed by atoms with van der Waals surface area (Å²) in [4.78, 5) is 16.1. The summed E-state index contributed by atoms with van der Waals surface area (Å²) >= 11 is 0. The number of hydrogen-bond acceptors (Lipinski definition) is 4. The van der Waals surface area contributed by atoms with Crippen LogP contribution in [0.5, 0.6) is 5.75 Å². The van der Waals surface area contributed by atoms with Crippen LogP contribution in [0.1, 0.15) is 17.5 Å². The molecule has 0 bridgehead atoms. The van der Waals surface area contributed by atoms with Gasteiger partial charge in [0.25, 0.3) is 0 Å². The molecule has 2 heterocycles. The van der Waals surface area contributed by atoms with Crippen molar-refractivity contribution in [3.8, 4) is 5.75 Å². The van der Waals surface area contributed by atoms with E-state index in [-0.39, 0.29) is 18.0 Å². The van der Waals surface area contributed by atoms with Crippen LogP contribution in [-0.4, -0.2) is 37.3 Å². The number of methoxy groups -OCH3 is 1. The van der Waals surface area contributed by atoms with Gasteiger partial charge in [-0.1, -0.05) is 18.2 Å². The predicted molar refractivity (Wildman–Crippen MR) is 95.7 cm³/mol. The zero-order valence-corrected chi connectivity index (χ0v) is 14.7. The van der Waals surface area contributed by atoms with Crippen LogP contribution in [0.2, 0.25) is 0 Å². The zero-order valence-electron chi connectivity index (χ0n) is 14.7. The van der Waals surface area contributed by atoms with Crippen molar-refractivity contribution in [1.29, 1.82) is 0 Å². The lowest BCUT2D eigenvalue weighted by molar-refractivity contribution is 0.177. The highest BCUT2D eigenvalue weighted by Gasteiger charge is 2.37. The maximum Gasteiger partial charge on any atom is 0.414 e. The van der Waals surface area contributed by atoms with Crippen molar-refractivity contribution in [3.05, 3.63) is 59.4 Å². The van der Waals surface area contributed by atoms with Crippen molar-refractivity contribution in [1.82, 2.24) is 4.90 Å². The monoisotopic (exact) mass is 356 g/mol. The molecule has 1 saturated heterocycles. The molecule has 1 atom stereocenters. The van der Waals surface area contributed by atoms with E-state index in [4.69, 9.17) is 9.47 Å².